The third-order valence-electron chi connectivity index (χ3n) is 2.17. The number of hydrogen-bond acceptors (Lipinski definition) is 0. The summed E-state index contributed by atoms with van der Waals surface area (Å²) < 4.78 is 4.23. The van der Waals surface area contributed by atoms with Crippen LogP contribution in [0.3, 0.4) is 0 Å². The van der Waals surface area contributed by atoms with E-state index < -0.39 is 0 Å². The van der Waals surface area contributed by atoms with Gasteiger partial charge in [0.2, 0.25) is 0 Å². The molecule has 2 rings (SSSR count). The summed E-state index contributed by atoms with van der Waals surface area (Å²) in [5.41, 5.74) is 2.32. The van der Waals surface area contributed by atoms with E-state index in [0.717, 1.165) is 23.5 Å². The predicted octanol–water partition coefficient (Wildman–Crippen LogP) is 6.40. The normalized spacial score (nSPS) is 10.5. The van der Waals surface area contributed by atoms with Gasteiger partial charge in [0.25, 0.3) is 0 Å². The maximum atomic E-state index is 3.58. The summed E-state index contributed by atoms with van der Waals surface area (Å²) in [5, 5.41) is 0. The molecule has 0 aromatic heterocycles. The lowest BCUT2D eigenvalue weighted by Crippen LogP contribution is -1.83. The van der Waals surface area contributed by atoms with E-state index in [-0.39, 0.29) is 0 Å². The molecule has 4 heteroatoms. The first-order valence-electron chi connectivity index (χ1n) is 4.49. The molecule has 0 aliphatic heterocycles. The zero-order chi connectivity index (χ0) is 11.7. The van der Waals surface area contributed by atoms with Crippen molar-refractivity contribution in [1.82, 2.24) is 0 Å². The largest absolute Gasteiger partial charge is 0.0616 e. The Morgan fingerprint density at radius 2 is 1.19 bits per heavy atom. The van der Waals surface area contributed by atoms with Crippen LogP contribution in [-0.2, 0) is 0 Å². The van der Waals surface area contributed by atoms with Crippen LogP contribution in [0.15, 0.2) is 54.3 Å². The molecular weight excluding hydrogens is 464 g/mol. The van der Waals surface area contributed by atoms with Crippen LogP contribution in [0.5, 0.6) is 0 Å². The predicted molar refractivity (Wildman–Crippen MR) is 82.7 cm³/mol. The highest BCUT2D eigenvalue weighted by Crippen LogP contribution is 2.38. The molecule has 0 unspecified atom stereocenters. The van der Waals surface area contributed by atoms with Crippen LogP contribution < -0.4 is 0 Å². The number of hydrogen-bond donors (Lipinski definition) is 0. The summed E-state index contributed by atoms with van der Waals surface area (Å²) in [6.07, 6.45) is 0. The van der Waals surface area contributed by atoms with E-state index in [9.17, 15) is 0 Å². The minimum absolute atomic E-state index is 1.04. The standard InChI is InChI=1S/C12H6Br4/c13-9-4-2-1-3-7(9)8-5-11(15)12(16)6-10(8)14/h1-6H. The fraction of sp³-hybridized carbons (Fsp3) is 0. The van der Waals surface area contributed by atoms with E-state index in [1.807, 2.05) is 24.3 Å². The highest BCUT2D eigenvalue weighted by atomic mass is 79.9. The van der Waals surface area contributed by atoms with Crippen molar-refractivity contribution < 1.29 is 0 Å². The molecule has 0 bridgehead atoms. The van der Waals surface area contributed by atoms with Crippen molar-refractivity contribution in [2.75, 3.05) is 0 Å². The van der Waals surface area contributed by atoms with Gasteiger partial charge in [-0.1, -0.05) is 50.1 Å². The second kappa shape index (κ2) is 5.34. The molecule has 0 fully saturated rings. The summed E-state index contributed by atoms with van der Waals surface area (Å²) in [5.74, 6) is 0. The van der Waals surface area contributed by atoms with E-state index in [4.69, 9.17) is 0 Å². The summed E-state index contributed by atoms with van der Waals surface area (Å²) in [6.45, 7) is 0. The smallest absolute Gasteiger partial charge is 0.0329 e. The van der Waals surface area contributed by atoms with Gasteiger partial charge in [0.1, 0.15) is 0 Å². The Hall–Kier alpha value is 0.360. The highest BCUT2D eigenvalue weighted by molar-refractivity contribution is 9.13. The van der Waals surface area contributed by atoms with Gasteiger partial charge < -0.3 is 0 Å². The van der Waals surface area contributed by atoms with E-state index in [1.54, 1.807) is 0 Å². The first-order chi connectivity index (χ1) is 7.59. The molecule has 0 atom stereocenters. The second-order valence-corrected chi connectivity index (χ2v) is 6.64. The zero-order valence-electron chi connectivity index (χ0n) is 7.98. The van der Waals surface area contributed by atoms with E-state index in [2.05, 4.69) is 75.9 Å². The summed E-state index contributed by atoms with van der Waals surface area (Å²) in [6, 6.07) is 12.3. The van der Waals surface area contributed by atoms with Crippen molar-refractivity contribution in [3.8, 4) is 11.1 Å². The SMILES string of the molecule is Brc1cc(Br)c(-c2ccccc2Br)cc1Br. The molecule has 0 radical (unpaired) electrons. The number of halogens is 4. The minimum atomic E-state index is 1.04. The molecule has 16 heavy (non-hydrogen) atoms. The Bertz CT molecular complexity index is 535. The van der Waals surface area contributed by atoms with Gasteiger partial charge in [-0.15, -0.1) is 0 Å². The van der Waals surface area contributed by atoms with Gasteiger partial charge >= 0.3 is 0 Å². The summed E-state index contributed by atoms with van der Waals surface area (Å²) in [4.78, 5) is 0. The van der Waals surface area contributed by atoms with E-state index in [1.165, 1.54) is 5.56 Å². The molecule has 0 amide bonds. The van der Waals surface area contributed by atoms with Crippen molar-refractivity contribution in [3.05, 3.63) is 54.3 Å². The molecule has 0 spiro atoms. The fourth-order valence-corrected chi connectivity index (χ4v) is 3.46. The van der Waals surface area contributed by atoms with Crippen LogP contribution in [0.4, 0.5) is 0 Å². The minimum Gasteiger partial charge on any atom is -0.0616 e. The molecule has 0 saturated carbocycles. The molecule has 82 valence electrons. The van der Waals surface area contributed by atoms with Crippen LogP contribution in [0.2, 0.25) is 0 Å². The lowest BCUT2D eigenvalue weighted by atomic mass is 10.1. The molecule has 0 nitrogen and oxygen atoms in total. The topological polar surface area (TPSA) is 0 Å². The van der Waals surface area contributed by atoms with E-state index in [0.29, 0.717) is 0 Å². The lowest BCUT2D eigenvalue weighted by Gasteiger charge is -2.09. The van der Waals surface area contributed by atoms with Crippen LogP contribution in [0, 0.1) is 0 Å². The second-order valence-electron chi connectivity index (χ2n) is 3.23. The Kier molecular flexibility index (Phi) is 4.27. The zero-order valence-corrected chi connectivity index (χ0v) is 14.3. The molecule has 2 aromatic rings. The van der Waals surface area contributed by atoms with Crippen LogP contribution in [-0.4, -0.2) is 0 Å². The van der Waals surface area contributed by atoms with Crippen molar-refractivity contribution in [2.45, 2.75) is 0 Å². The van der Waals surface area contributed by atoms with Crippen molar-refractivity contribution >= 4 is 63.7 Å². The molecule has 0 saturated heterocycles. The fourth-order valence-electron chi connectivity index (χ4n) is 1.41. The van der Waals surface area contributed by atoms with Gasteiger partial charge in [0, 0.05) is 17.9 Å². The van der Waals surface area contributed by atoms with Gasteiger partial charge in [0.05, 0.1) is 0 Å². The maximum Gasteiger partial charge on any atom is 0.0329 e. The van der Waals surface area contributed by atoms with E-state index >= 15 is 0 Å². The van der Waals surface area contributed by atoms with Crippen molar-refractivity contribution in [1.29, 1.82) is 0 Å². The monoisotopic (exact) mass is 466 g/mol. The van der Waals surface area contributed by atoms with Crippen LogP contribution in [0.25, 0.3) is 11.1 Å². The van der Waals surface area contributed by atoms with Crippen LogP contribution >= 0.6 is 63.7 Å². The van der Waals surface area contributed by atoms with Gasteiger partial charge in [-0.2, -0.15) is 0 Å². The molecule has 0 N–H and O–H groups in total. The first kappa shape index (κ1) is 12.8. The quantitative estimate of drug-likeness (QED) is 0.424. The Morgan fingerprint density at radius 1 is 0.562 bits per heavy atom. The van der Waals surface area contributed by atoms with Crippen molar-refractivity contribution in [3.63, 3.8) is 0 Å². The molecule has 0 aliphatic rings. The Balaban J connectivity index is 2.65. The maximum absolute atomic E-state index is 3.58. The average molecular weight is 470 g/mol. The Labute approximate surface area is 128 Å². The van der Waals surface area contributed by atoms with Crippen molar-refractivity contribution in [2.24, 2.45) is 0 Å². The average Bonchev–Trinajstić information content (AvgIpc) is 2.25. The van der Waals surface area contributed by atoms with Gasteiger partial charge in [-0.05, 0) is 61.2 Å². The molecule has 0 heterocycles. The third kappa shape index (κ3) is 2.61. The van der Waals surface area contributed by atoms with Gasteiger partial charge in [0.15, 0.2) is 0 Å². The summed E-state index contributed by atoms with van der Waals surface area (Å²) >= 11 is 14.1. The van der Waals surface area contributed by atoms with Crippen LogP contribution in [0.1, 0.15) is 0 Å². The molecular formula is C12H6Br4. The highest BCUT2D eigenvalue weighted by Gasteiger charge is 2.09. The molecule has 0 aliphatic carbocycles. The van der Waals surface area contributed by atoms with Gasteiger partial charge in [-0.3, -0.25) is 0 Å². The number of benzene rings is 2. The van der Waals surface area contributed by atoms with Gasteiger partial charge in [-0.25, -0.2) is 0 Å². The number of rotatable bonds is 1. The first-order valence-corrected chi connectivity index (χ1v) is 7.66. The summed E-state index contributed by atoms with van der Waals surface area (Å²) in [7, 11) is 0. The third-order valence-corrected chi connectivity index (χ3v) is 5.37. The lowest BCUT2D eigenvalue weighted by molar-refractivity contribution is 1.51. The Morgan fingerprint density at radius 3 is 1.88 bits per heavy atom. The molecule has 2 aromatic carbocycles.